The molecule has 1 fully saturated rings. The average Bonchev–Trinajstić information content (AvgIpc) is 2.37. The lowest BCUT2D eigenvalue weighted by atomic mass is 10.0. The molecule has 0 bridgehead atoms. The molecule has 3 atom stereocenters. The van der Waals surface area contributed by atoms with E-state index in [0.717, 1.165) is 18.2 Å². The van der Waals surface area contributed by atoms with Crippen LogP contribution in [0.15, 0.2) is 18.2 Å². The van der Waals surface area contributed by atoms with Gasteiger partial charge in [0, 0.05) is 19.6 Å². The summed E-state index contributed by atoms with van der Waals surface area (Å²) in [5.74, 6) is -0.968. The van der Waals surface area contributed by atoms with Gasteiger partial charge in [-0.05, 0) is 30.2 Å². The Bertz CT molecular complexity index is 432. The number of β-amino-alcohol motifs (C(OH)–C–C–N with tert-alkyl or cyclic N) is 2. The third-order valence-corrected chi connectivity index (χ3v) is 3.38. The van der Waals surface area contributed by atoms with Crippen LogP contribution in [0.1, 0.15) is 5.56 Å². The summed E-state index contributed by atoms with van der Waals surface area (Å²) in [6, 6.07) is 3.28. The van der Waals surface area contributed by atoms with Crippen LogP contribution in [0.25, 0.3) is 0 Å². The molecule has 0 radical (unpaired) electrons. The van der Waals surface area contributed by atoms with Crippen LogP contribution in [0.3, 0.4) is 0 Å². The van der Waals surface area contributed by atoms with Crippen molar-refractivity contribution in [2.75, 3.05) is 19.6 Å². The molecule has 1 aromatic carbocycles. The molecule has 0 aromatic heterocycles. The summed E-state index contributed by atoms with van der Waals surface area (Å²) in [5.41, 5.74) is 0.259. The second kappa shape index (κ2) is 5.92. The Hall–Kier alpha value is -1.08. The van der Waals surface area contributed by atoms with Crippen molar-refractivity contribution in [2.24, 2.45) is 0 Å². The maximum atomic E-state index is 13.4. The fourth-order valence-electron chi connectivity index (χ4n) is 2.27. The van der Waals surface area contributed by atoms with Gasteiger partial charge in [-0.1, -0.05) is 0 Å². The highest BCUT2D eigenvalue weighted by atomic mass is 19.1. The third-order valence-electron chi connectivity index (χ3n) is 3.38. The minimum absolute atomic E-state index is 0.204. The minimum Gasteiger partial charge on any atom is -0.389 e. The zero-order valence-electron chi connectivity index (χ0n) is 10.3. The number of benzene rings is 1. The largest absolute Gasteiger partial charge is 0.389 e. The van der Waals surface area contributed by atoms with Crippen LogP contribution in [0.2, 0.25) is 0 Å². The number of halogens is 2. The molecule has 106 valence electrons. The van der Waals surface area contributed by atoms with E-state index in [4.69, 9.17) is 0 Å². The molecule has 3 N–H and O–H groups in total. The van der Waals surface area contributed by atoms with Crippen LogP contribution in [-0.2, 0) is 6.42 Å². The van der Waals surface area contributed by atoms with Crippen molar-refractivity contribution in [3.05, 3.63) is 35.4 Å². The first kappa shape index (κ1) is 14.3. The molecule has 1 saturated heterocycles. The van der Waals surface area contributed by atoms with Gasteiger partial charge in [0.05, 0.1) is 12.2 Å². The third kappa shape index (κ3) is 3.48. The van der Waals surface area contributed by atoms with E-state index in [0.29, 0.717) is 6.54 Å². The molecule has 1 aromatic rings. The van der Waals surface area contributed by atoms with Crippen LogP contribution in [0.4, 0.5) is 8.78 Å². The number of aliphatic hydroxyl groups is 3. The number of hydrogen-bond donors (Lipinski definition) is 3. The van der Waals surface area contributed by atoms with Gasteiger partial charge in [-0.15, -0.1) is 0 Å². The Kier molecular flexibility index (Phi) is 4.46. The van der Waals surface area contributed by atoms with Crippen LogP contribution >= 0.6 is 0 Å². The number of likely N-dealkylation sites (tertiary alicyclic amines) is 1. The molecule has 0 aliphatic carbocycles. The zero-order valence-corrected chi connectivity index (χ0v) is 10.3. The lowest BCUT2D eigenvalue weighted by molar-refractivity contribution is -0.109. The van der Waals surface area contributed by atoms with Gasteiger partial charge in [-0.25, -0.2) is 8.78 Å². The van der Waals surface area contributed by atoms with Gasteiger partial charge < -0.3 is 15.3 Å². The summed E-state index contributed by atoms with van der Waals surface area (Å²) in [7, 11) is 0. The Morgan fingerprint density at radius 3 is 2.37 bits per heavy atom. The first-order valence-electron chi connectivity index (χ1n) is 6.18. The first-order chi connectivity index (χ1) is 8.97. The lowest BCUT2D eigenvalue weighted by Gasteiger charge is -2.36. The second-order valence-electron chi connectivity index (χ2n) is 4.87. The fourth-order valence-corrected chi connectivity index (χ4v) is 2.27. The van der Waals surface area contributed by atoms with E-state index in [1.54, 1.807) is 4.90 Å². The normalized spacial score (nSPS) is 28.6. The molecule has 4 nitrogen and oxygen atoms in total. The van der Waals surface area contributed by atoms with Crippen molar-refractivity contribution in [1.29, 1.82) is 0 Å². The SMILES string of the molecule is O[C@H]1[C@H](O)CN(CCc2cc(F)ccc2F)C[C@@H]1O. The molecular weight excluding hydrogens is 256 g/mol. The van der Waals surface area contributed by atoms with E-state index in [-0.39, 0.29) is 25.1 Å². The number of nitrogens with zero attached hydrogens (tertiary/aromatic N) is 1. The zero-order chi connectivity index (χ0) is 14.0. The summed E-state index contributed by atoms with van der Waals surface area (Å²) in [6.45, 7) is 0.783. The second-order valence-corrected chi connectivity index (χ2v) is 4.87. The van der Waals surface area contributed by atoms with E-state index >= 15 is 0 Å². The first-order valence-corrected chi connectivity index (χ1v) is 6.18. The van der Waals surface area contributed by atoms with Gasteiger partial charge in [0.15, 0.2) is 0 Å². The van der Waals surface area contributed by atoms with E-state index < -0.39 is 29.9 Å². The monoisotopic (exact) mass is 273 g/mol. The maximum absolute atomic E-state index is 13.4. The fraction of sp³-hybridized carbons (Fsp3) is 0.538. The van der Waals surface area contributed by atoms with Crippen molar-refractivity contribution in [1.82, 2.24) is 4.90 Å². The van der Waals surface area contributed by atoms with Gasteiger partial charge in [0.2, 0.25) is 0 Å². The van der Waals surface area contributed by atoms with Crippen molar-refractivity contribution in [2.45, 2.75) is 24.7 Å². The highest BCUT2D eigenvalue weighted by Crippen LogP contribution is 2.15. The molecule has 19 heavy (non-hydrogen) atoms. The highest BCUT2D eigenvalue weighted by molar-refractivity contribution is 5.19. The van der Waals surface area contributed by atoms with Crippen LogP contribution in [0.5, 0.6) is 0 Å². The summed E-state index contributed by atoms with van der Waals surface area (Å²) in [4.78, 5) is 1.71. The summed E-state index contributed by atoms with van der Waals surface area (Å²) in [5, 5.41) is 28.5. The topological polar surface area (TPSA) is 63.9 Å². The van der Waals surface area contributed by atoms with Crippen molar-refractivity contribution < 1.29 is 24.1 Å². The Morgan fingerprint density at radius 1 is 1.11 bits per heavy atom. The van der Waals surface area contributed by atoms with Crippen LogP contribution in [0, 0.1) is 11.6 Å². The Balaban J connectivity index is 1.94. The molecule has 2 rings (SSSR count). The van der Waals surface area contributed by atoms with Gasteiger partial charge in [-0.2, -0.15) is 0 Å². The predicted molar refractivity (Wildman–Crippen MR) is 64.5 cm³/mol. The molecule has 0 saturated carbocycles. The number of rotatable bonds is 3. The van der Waals surface area contributed by atoms with E-state index in [2.05, 4.69) is 0 Å². The van der Waals surface area contributed by atoms with Gasteiger partial charge >= 0.3 is 0 Å². The Morgan fingerprint density at radius 2 is 1.74 bits per heavy atom. The number of piperidine rings is 1. The van der Waals surface area contributed by atoms with Crippen LogP contribution < -0.4 is 0 Å². The standard InChI is InChI=1S/C13H17F2NO3/c14-9-1-2-10(15)8(5-9)3-4-16-6-11(17)13(19)12(18)7-16/h1-2,5,11-13,17-19H,3-4,6-7H2/t11-,12+,13+. The molecule has 1 aliphatic heterocycles. The van der Waals surface area contributed by atoms with Gasteiger partial charge in [0.1, 0.15) is 17.7 Å². The molecule has 0 spiro atoms. The van der Waals surface area contributed by atoms with Crippen molar-refractivity contribution in [3.63, 3.8) is 0 Å². The molecule has 0 unspecified atom stereocenters. The molecule has 1 heterocycles. The summed E-state index contributed by atoms with van der Waals surface area (Å²) < 4.78 is 26.4. The predicted octanol–water partition coefficient (Wildman–Crippen LogP) is -0.0944. The summed E-state index contributed by atoms with van der Waals surface area (Å²) in [6.07, 6.45) is -2.93. The lowest BCUT2D eigenvalue weighted by Crippen LogP contribution is -2.55. The van der Waals surface area contributed by atoms with E-state index in [1.165, 1.54) is 0 Å². The van der Waals surface area contributed by atoms with Crippen molar-refractivity contribution >= 4 is 0 Å². The molecule has 0 amide bonds. The number of aliphatic hydroxyl groups excluding tert-OH is 3. The summed E-state index contributed by atoms with van der Waals surface area (Å²) >= 11 is 0. The van der Waals surface area contributed by atoms with Gasteiger partial charge in [0.25, 0.3) is 0 Å². The maximum Gasteiger partial charge on any atom is 0.126 e. The number of hydrogen-bond acceptors (Lipinski definition) is 4. The Labute approximate surface area is 109 Å². The van der Waals surface area contributed by atoms with Crippen molar-refractivity contribution in [3.8, 4) is 0 Å². The molecule has 1 aliphatic rings. The smallest absolute Gasteiger partial charge is 0.126 e. The van der Waals surface area contributed by atoms with E-state index in [1.807, 2.05) is 0 Å². The van der Waals surface area contributed by atoms with E-state index in [9.17, 15) is 24.1 Å². The van der Waals surface area contributed by atoms with Gasteiger partial charge in [-0.3, -0.25) is 4.90 Å². The average molecular weight is 273 g/mol. The molecular formula is C13H17F2NO3. The highest BCUT2D eigenvalue weighted by Gasteiger charge is 2.33. The quantitative estimate of drug-likeness (QED) is 0.720. The molecule has 6 heteroatoms. The van der Waals surface area contributed by atoms with Crippen LogP contribution in [-0.4, -0.2) is 58.2 Å². The minimum atomic E-state index is -1.15.